The molecule has 0 bridgehead atoms. The molecule has 0 aliphatic heterocycles. The van der Waals surface area contributed by atoms with Crippen LogP contribution >= 0.6 is 11.3 Å². The van der Waals surface area contributed by atoms with Crippen LogP contribution in [0.1, 0.15) is 42.7 Å². The molecule has 0 aromatic carbocycles. The van der Waals surface area contributed by atoms with Gasteiger partial charge in [-0.1, -0.05) is 13.8 Å². The molecule has 1 aliphatic carbocycles. The van der Waals surface area contributed by atoms with Crippen molar-refractivity contribution in [3.63, 3.8) is 0 Å². The summed E-state index contributed by atoms with van der Waals surface area (Å²) in [7, 11) is 1.94. The first-order valence-electron chi connectivity index (χ1n) is 7.49. The van der Waals surface area contributed by atoms with E-state index in [2.05, 4.69) is 25.0 Å². The lowest BCUT2D eigenvalue weighted by Crippen LogP contribution is -2.01. The van der Waals surface area contributed by atoms with E-state index >= 15 is 0 Å². The van der Waals surface area contributed by atoms with Crippen molar-refractivity contribution >= 4 is 17.2 Å². The molecule has 3 rings (SSSR count). The van der Waals surface area contributed by atoms with Gasteiger partial charge in [0.15, 0.2) is 0 Å². The second kappa shape index (κ2) is 5.24. The van der Waals surface area contributed by atoms with Crippen LogP contribution in [0.4, 0.5) is 5.82 Å². The van der Waals surface area contributed by atoms with Crippen LogP contribution in [0.5, 0.6) is 0 Å². The molecule has 0 spiro atoms. The minimum atomic E-state index is 0.592. The van der Waals surface area contributed by atoms with Crippen LogP contribution in [0.3, 0.4) is 0 Å². The monoisotopic (exact) mass is 289 g/mol. The number of fused-ring (bicyclic) bond motifs is 1. The second-order valence-electron chi connectivity index (χ2n) is 6.20. The predicted octanol–water partition coefficient (Wildman–Crippen LogP) is 3.81. The van der Waals surface area contributed by atoms with Gasteiger partial charge in [-0.05, 0) is 49.7 Å². The molecule has 20 heavy (non-hydrogen) atoms. The summed E-state index contributed by atoms with van der Waals surface area (Å²) >= 11 is 1.92. The molecule has 0 atom stereocenters. The molecule has 0 fully saturated rings. The van der Waals surface area contributed by atoms with Gasteiger partial charge in [0.25, 0.3) is 0 Å². The average molecular weight is 289 g/mol. The Hall–Kier alpha value is -1.29. The third kappa shape index (κ3) is 2.37. The van der Waals surface area contributed by atoms with Crippen molar-refractivity contribution in [2.75, 3.05) is 5.73 Å². The van der Waals surface area contributed by atoms with E-state index in [9.17, 15) is 0 Å². The van der Waals surface area contributed by atoms with Gasteiger partial charge in [-0.25, -0.2) is 0 Å². The van der Waals surface area contributed by atoms with Crippen molar-refractivity contribution in [1.82, 2.24) is 9.78 Å². The Bertz CT molecular complexity index is 598. The highest BCUT2D eigenvalue weighted by molar-refractivity contribution is 7.15. The summed E-state index contributed by atoms with van der Waals surface area (Å²) in [6.07, 6.45) is 6.12. The Kier molecular flexibility index (Phi) is 3.59. The summed E-state index contributed by atoms with van der Waals surface area (Å²) in [5.41, 5.74) is 10.1. The van der Waals surface area contributed by atoms with E-state index in [0.29, 0.717) is 5.92 Å². The lowest BCUT2D eigenvalue weighted by molar-refractivity contribution is 0.649. The van der Waals surface area contributed by atoms with E-state index < -0.39 is 0 Å². The summed E-state index contributed by atoms with van der Waals surface area (Å²) in [6.45, 7) is 4.46. The molecule has 2 aromatic rings. The molecule has 3 nitrogen and oxygen atoms in total. The second-order valence-corrected chi connectivity index (χ2v) is 7.34. The van der Waals surface area contributed by atoms with E-state index in [1.165, 1.54) is 41.7 Å². The first-order valence-corrected chi connectivity index (χ1v) is 8.31. The first-order chi connectivity index (χ1) is 9.56. The molecular formula is C16H23N3S. The highest BCUT2D eigenvalue weighted by Gasteiger charge is 2.21. The first kappa shape index (κ1) is 13.7. The van der Waals surface area contributed by atoms with Gasteiger partial charge < -0.3 is 5.73 Å². The molecule has 0 amide bonds. The molecule has 0 saturated carbocycles. The zero-order chi connectivity index (χ0) is 14.3. The van der Waals surface area contributed by atoms with E-state index in [4.69, 9.17) is 5.73 Å². The van der Waals surface area contributed by atoms with Gasteiger partial charge in [-0.2, -0.15) is 5.10 Å². The van der Waals surface area contributed by atoms with E-state index in [1.807, 2.05) is 23.1 Å². The molecule has 4 heteroatoms. The van der Waals surface area contributed by atoms with Crippen molar-refractivity contribution in [3.8, 4) is 10.6 Å². The molecule has 0 unspecified atom stereocenters. The molecule has 2 N–H and O–H groups in total. The molecule has 0 radical (unpaired) electrons. The molecule has 2 heterocycles. The third-order valence-electron chi connectivity index (χ3n) is 4.04. The topological polar surface area (TPSA) is 43.8 Å². The normalized spacial score (nSPS) is 14.8. The maximum atomic E-state index is 6.22. The Morgan fingerprint density at radius 3 is 2.80 bits per heavy atom. The molecule has 1 aliphatic rings. The molecule has 2 aromatic heterocycles. The minimum Gasteiger partial charge on any atom is -0.384 e. The number of thiophene rings is 1. The lowest BCUT2D eigenvalue weighted by Gasteiger charge is -2.08. The van der Waals surface area contributed by atoms with Gasteiger partial charge in [-0.15, -0.1) is 11.3 Å². The smallest absolute Gasteiger partial charge is 0.125 e. The van der Waals surface area contributed by atoms with Gasteiger partial charge in [0.1, 0.15) is 11.5 Å². The van der Waals surface area contributed by atoms with E-state index in [0.717, 1.165) is 17.9 Å². The zero-order valence-corrected chi connectivity index (χ0v) is 13.4. The van der Waals surface area contributed by atoms with Crippen LogP contribution in [0.15, 0.2) is 6.07 Å². The Morgan fingerprint density at radius 1 is 1.35 bits per heavy atom. The van der Waals surface area contributed by atoms with Gasteiger partial charge in [0.2, 0.25) is 0 Å². The molecule has 108 valence electrons. The standard InChI is InChI=1S/C16H23N3S/c1-10(2)8-12-15(18-19(3)16(12)17)14-9-11-6-4-5-7-13(11)20-14/h9-10H,4-8,17H2,1-3H3. The Balaban J connectivity index is 2.05. The quantitative estimate of drug-likeness (QED) is 0.933. The highest BCUT2D eigenvalue weighted by Crippen LogP contribution is 2.38. The van der Waals surface area contributed by atoms with Crippen molar-refractivity contribution < 1.29 is 0 Å². The number of hydrogen-bond donors (Lipinski definition) is 1. The number of nitrogens with zero attached hydrogens (tertiary/aromatic N) is 2. The average Bonchev–Trinajstić information content (AvgIpc) is 2.94. The minimum absolute atomic E-state index is 0.592. The maximum Gasteiger partial charge on any atom is 0.125 e. The van der Waals surface area contributed by atoms with Gasteiger partial charge >= 0.3 is 0 Å². The predicted molar refractivity (Wildman–Crippen MR) is 86.1 cm³/mol. The van der Waals surface area contributed by atoms with Crippen LogP contribution < -0.4 is 5.73 Å². The summed E-state index contributed by atoms with van der Waals surface area (Å²) in [5.74, 6) is 1.41. The summed E-state index contributed by atoms with van der Waals surface area (Å²) in [4.78, 5) is 2.87. The van der Waals surface area contributed by atoms with Crippen molar-refractivity contribution in [3.05, 3.63) is 22.1 Å². The summed E-state index contributed by atoms with van der Waals surface area (Å²) < 4.78 is 1.83. The fourth-order valence-electron chi connectivity index (χ4n) is 3.00. The van der Waals surface area contributed by atoms with Crippen molar-refractivity contribution in [2.45, 2.75) is 46.0 Å². The fourth-order valence-corrected chi connectivity index (χ4v) is 4.26. The summed E-state index contributed by atoms with van der Waals surface area (Å²) in [6, 6.07) is 2.35. The Morgan fingerprint density at radius 2 is 2.10 bits per heavy atom. The number of anilines is 1. The molecule has 0 saturated heterocycles. The van der Waals surface area contributed by atoms with Crippen molar-refractivity contribution in [2.24, 2.45) is 13.0 Å². The number of rotatable bonds is 3. The van der Waals surface area contributed by atoms with Crippen LogP contribution in [-0.2, 0) is 26.3 Å². The number of nitrogens with two attached hydrogens (primary N) is 1. The maximum absolute atomic E-state index is 6.22. The summed E-state index contributed by atoms with van der Waals surface area (Å²) in [5, 5.41) is 4.68. The number of nitrogen functional groups attached to an aromatic ring is 1. The lowest BCUT2D eigenvalue weighted by atomic mass is 9.98. The van der Waals surface area contributed by atoms with Crippen molar-refractivity contribution in [1.29, 1.82) is 0 Å². The van der Waals surface area contributed by atoms with E-state index in [1.54, 1.807) is 4.88 Å². The third-order valence-corrected chi connectivity index (χ3v) is 5.28. The van der Waals surface area contributed by atoms with Crippen LogP contribution in [0, 0.1) is 5.92 Å². The van der Waals surface area contributed by atoms with Gasteiger partial charge in [0.05, 0.1) is 4.88 Å². The van der Waals surface area contributed by atoms with Gasteiger partial charge in [-0.3, -0.25) is 4.68 Å². The van der Waals surface area contributed by atoms with Crippen LogP contribution in [0.25, 0.3) is 10.6 Å². The van der Waals surface area contributed by atoms with Crippen LogP contribution in [0.2, 0.25) is 0 Å². The number of aryl methyl sites for hydroxylation is 3. The highest BCUT2D eigenvalue weighted by atomic mass is 32.1. The van der Waals surface area contributed by atoms with Gasteiger partial charge in [0, 0.05) is 17.5 Å². The van der Waals surface area contributed by atoms with E-state index in [-0.39, 0.29) is 0 Å². The van der Waals surface area contributed by atoms with Crippen LogP contribution in [-0.4, -0.2) is 9.78 Å². The zero-order valence-electron chi connectivity index (χ0n) is 12.6. The Labute approximate surface area is 124 Å². The largest absolute Gasteiger partial charge is 0.384 e. The fraction of sp³-hybridized carbons (Fsp3) is 0.562. The number of hydrogen-bond acceptors (Lipinski definition) is 3. The SMILES string of the molecule is CC(C)Cc1c(-c2cc3c(s2)CCCC3)nn(C)c1N. The number of aromatic nitrogens is 2. The molecular weight excluding hydrogens is 266 g/mol.